The maximum atomic E-state index is 14.3. The van der Waals surface area contributed by atoms with Gasteiger partial charge in [0.05, 0.1) is 6.54 Å². The van der Waals surface area contributed by atoms with Gasteiger partial charge >= 0.3 is 16.4 Å². The predicted octanol–water partition coefficient (Wildman–Crippen LogP) is -0.909. The number of hydrogen-bond acceptors (Lipinski definition) is 7. The van der Waals surface area contributed by atoms with E-state index >= 15 is 0 Å². The molecule has 2 fully saturated rings. The molecule has 3 rings (SSSR count). The summed E-state index contributed by atoms with van der Waals surface area (Å²) in [6, 6.07) is -0.689. The summed E-state index contributed by atoms with van der Waals surface area (Å²) in [5.74, 6) is -5.66. The number of carbonyl (C=O) groups is 3. The van der Waals surface area contributed by atoms with E-state index in [0.717, 1.165) is 0 Å². The first kappa shape index (κ1) is 19.8. The smallest absolute Gasteiger partial charge is 0.308 e. The van der Waals surface area contributed by atoms with Crippen molar-refractivity contribution in [3.05, 3.63) is 30.1 Å². The lowest BCUT2D eigenvalue weighted by Crippen LogP contribution is -2.58. The van der Waals surface area contributed by atoms with Gasteiger partial charge in [-0.15, -0.1) is 4.28 Å². The van der Waals surface area contributed by atoms with Crippen LogP contribution < -0.4 is 10.9 Å². The Morgan fingerprint density at radius 2 is 2.04 bits per heavy atom. The minimum Gasteiger partial charge on any atom is -0.308 e. The van der Waals surface area contributed by atoms with Crippen molar-refractivity contribution in [1.29, 1.82) is 0 Å². The summed E-state index contributed by atoms with van der Waals surface area (Å²) in [7, 11) is -5.24. The highest BCUT2D eigenvalue weighted by atomic mass is 32.3. The molecule has 1 aromatic rings. The number of fused-ring (bicyclic) bond motifs is 2. The lowest BCUT2D eigenvalue weighted by atomic mass is 9.96. The summed E-state index contributed by atoms with van der Waals surface area (Å²) >= 11 is 0. The summed E-state index contributed by atoms with van der Waals surface area (Å²) in [6.07, 6.45) is 0.172. The lowest BCUT2D eigenvalue weighted by molar-refractivity contribution is -0.154. The molecule has 0 unspecified atom stereocenters. The molecule has 2 atom stereocenters. The molecule has 2 aliphatic heterocycles. The number of nitrogens with zero attached hydrogens (tertiary/aromatic N) is 3. The minimum atomic E-state index is -5.24. The highest BCUT2D eigenvalue weighted by Crippen LogP contribution is 2.40. The van der Waals surface area contributed by atoms with Gasteiger partial charge in [-0.2, -0.15) is 13.5 Å². The Morgan fingerprint density at radius 3 is 2.64 bits per heavy atom. The molecule has 4 amide bonds. The molecule has 0 aliphatic carbocycles. The monoisotopic (exact) mass is 421 g/mol. The number of hydroxylamine groups is 2. The molecule has 3 heterocycles. The number of rotatable bonds is 4. The predicted molar refractivity (Wildman–Crippen MR) is 83.6 cm³/mol. The van der Waals surface area contributed by atoms with Crippen LogP contribution in [0.2, 0.25) is 0 Å². The molecule has 0 saturated carbocycles. The molecule has 15 heteroatoms. The number of amides is 4. The Hall–Kier alpha value is -2.91. The number of alkyl halides is 2. The van der Waals surface area contributed by atoms with E-state index in [1.54, 1.807) is 6.07 Å². The summed E-state index contributed by atoms with van der Waals surface area (Å²) in [4.78, 5) is 40.6. The van der Waals surface area contributed by atoms with Crippen LogP contribution in [0.3, 0.4) is 0 Å². The average molecular weight is 421 g/mol. The fourth-order valence-electron chi connectivity index (χ4n) is 2.85. The normalized spacial score (nSPS) is 23.5. The standard InChI is InChI=1S/C13H13F2N5O7S/c14-13(15)5-8(11(22)18-17-10(21)7-3-1-2-4-16-7)19-6-9(13)20(12(19)23)27-28(24,25)26/h1-4,8-9H,5-6H2,(H,17,21)(H,18,22)(H,24,25,26)/t8-,9-/m0/s1. The lowest BCUT2D eigenvalue weighted by Gasteiger charge is -2.34. The third-order valence-electron chi connectivity index (χ3n) is 4.09. The first-order chi connectivity index (χ1) is 13.0. The third-order valence-corrected chi connectivity index (χ3v) is 4.44. The van der Waals surface area contributed by atoms with Gasteiger partial charge in [-0.25, -0.2) is 13.6 Å². The van der Waals surface area contributed by atoms with E-state index in [9.17, 15) is 31.6 Å². The van der Waals surface area contributed by atoms with Gasteiger partial charge in [-0.05, 0) is 12.1 Å². The van der Waals surface area contributed by atoms with Crippen molar-refractivity contribution in [2.75, 3.05) is 6.54 Å². The number of carbonyl (C=O) groups excluding carboxylic acids is 3. The number of pyridine rings is 1. The van der Waals surface area contributed by atoms with Crippen LogP contribution in [0.1, 0.15) is 16.9 Å². The van der Waals surface area contributed by atoms with E-state index in [1.165, 1.54) is 18.3 Å². The highest BCUT2D eigenvalue weighted by Gasteiger charge is 2.62. The van der Waals surface area contributed by atoms with E-state index in [4.69, 9.17) is 4.55 Å². The second-order valence-corrected chi connectivity index (χ2v) is 6.92. The molecule has 2 aliphatic rings. The van der Waals surface area contributed by atoms with E-state index in [-0.39, 0.29) is 10.8 Å². The van der Waals surface area contributed by atoms with Gasteiger partial charge < -0.3 is 4.90 Å². The molecular formula is C13H13F2N5O7S. The number of piperidine rings is 1. The molecule has 3 N–H and O–H groups in total. The van der Waals surface area contributed by atoms with Crippen LogP contribution in [0.15, 0.2) is 24.4 Å². The maximum Gasteiger partial charge on any atom is 0.418 e. The summed E-state index contributed by atoms with van der Waals surface area (Å²) < 4.78 is 62.8. The topological polar surface area (TPSA) is 158 Å². The first-order valence-corrected chi connectivity index (χ1v) is 9.02. The molecule has 12 nitrogen and oxygen atoms in total. The van der Waals surface area contributed by atoms with Crippen LogP contribution in [0, 0.1) is 0 Å². The van der Waals surface area contributed by atoms with E-state index < -0.39 is 59.2 Å². The van der Waals surface area contributed by atoms with Gasteiger partial charge in [0.2, 0.25) is 0 Å². The molecule has 1 aromatic heterocycles. The van der Waals surface area contributed by atoms with E-state index in [2.05, 4.69) is 9.27 Å². The van der Waals surface area contributed by atoms with Crippen LogP contribution in [0.4, 0.5) is 13.6 Å². The fraction of sp³-hybridized carbons (Fsp3) is 0.385. The zero-order valence-electron chi connectivity index (χ0n) is 13.8. The van der Waals surface area contributed by atoms with Crippen LogP contribution >= 0.6 is 0 Å². The van der Waals surface area contributed by atoms with Crippen LogP contribution in [0.5, 0.6) is 0 Å². The van der Waals surface area contributed by atoms with Crippen LogP contribution in [-0.4, -0.2) is 70.3 Å². The van der Waals surface area contributed by atoms with Gasteiger partial charge in [0.15, 0.2) is 0 Å². The first-order valence-electron chi connectivity index (χ1n) is 7.65. The summed E-state index contributed by atoms with van der Waals surface area (Å²) in [5.41, 5.74) is 3.85. The SMILES string of the molecule is O=C(NNC(=O)[C@@H]1CC(F)(F)[C@@H]2CN1C(=O)N2OS(=O)(=O)O)c1ccccn1. The Bertz CT molecular complexity index is 913. The number of urea groups is 1. The largest absolute Gasteiger partial charge is 0.418 e. The number of hydrogen-bond donors (Lipinski definition) is 3. The third kappa shape index (κ3) is 3.85. The van der Waals surface area contributed by atoms with Crippen molar-refractivity contribution in [1.82, 2.24) is 25.8 Å². The number of nitrogens with one attached hydrogen (secondary N) is 2. The Morgan fingerprint density at radius 1 is 1.32 bits per heavy atom. The molecule has 28 heavy (non-hydrogen) atoms. The van der Waals surface area contributed by atoms with Gasteiger partial charge in [-0.1, -0.05) is 6.07 Å². The Kier molecular flexibility index (Phi) is 4.90. The van der Waals surface area contributed by atoms with E-state index in [1.807, 2.05) is 10.9 Å². The van der Waals surface area contributed by atoms with Gasteiger partial charge in [-0.3, -0.25) is 30.0 Å². The number of halogens is 2. The van der Waals surface area contributed by atoms with Gasteiger partial charge in [0.25, 0.3) is 17.7 Å². The maximum absolute atomic E-state index is 14.3. The molecule has 0 spiro atoms. The van der Waals surface area contributed by atoms with E-state index in [0.29, 0.717) is 4.90 Å². The van der Waals surface area contributed by atoms with Crippen molar-refractivity contribution < 1.29 is 40.4 Å². The molecule has 2 saturated heterocycles. The quantitative estimate of drug-likeness (QED) is 0.416. The highest BCUT2D eigenvalue weighted by molar-refractivity contribution is 7.80. The zero-order valence-corrected chi connectivity index (χ0v) is 14.6. The van der Waals surface area contributed by atoms with Gasteiger partial charge in [0.1, 0.15) is 17.8 Å². The Balaban J connectivity index is 1.72. The van der Waals surface area contributed by atoms with Crippen molar-refractivity contribution in [3.8, 4) is 0 Å². The molecule has 0 radical (unpaired) electrons. The Labute approximate surface area is 156 Å². The average Bonchev–Trinajstić information content (AvgIpc) is 2.90. The molecule has 2 bridgehead atoms. The van der Waals surface area contributed by atoms with Crippen molar-refractivity contribution >= 4 is 28.2 Å². The van der Waals surface area contributed by atoms with Crippen molar-refractivity contribution in [2.24, 2.45) is 0 Å². The number of aromatic nitrogens is 1. The second-order valence-electron chi connectivity index (χ2n) is 5.92. The van der Waals surface area contributed by atoms with Gasteiger partial charge in [0, 0.05) is 12.6 Å². The van der Waals surface area contributed by atoms with Crippen LogP contribution in [-0.2, 0) is 19.5 Å². The van der Waals surface area contributed by atoms with Crippen molar-refractivity contribution in [2.45, 2.75) is 24.4 Å². The molecule has 152 valence electrons. The van der Waals surface area contributed by atoms with Crippen molar-refractivity contribution in [3.63, 3.8) is 0 Å². The van der Waals surface area contributed by atoms with Crippen LogP contribution in [0.25, 0.3) is 0 Å². The second kappa shape index (κ2) is 6.92. The zero-order chi connectivity index (χ0) is 20.7. The fourth-order valence-corrected chi connectivity index (χ4v) is 3.22. The summed E-state index contributed by atoms with van der Waals surface area (Å²) in [5, 5.41) is -0.185. The minimum absolute atomic E-state index is 0.0539. The molecule has 0 aromatic carbocycles. The summed E-state index contributed by atoms with van der Waals surface area (Å²) in [6.45, 7) is -0.729. The number of hydrazine groups is 1. The molecular weight excluding hydrogens is 408 g/mol.